The highest BCUT2D eigenvalue weighted by atomic mass is 16.5. The van der Waals surface area contributed by atoms with Crippen molar-refractivity contribution in [1.82, 2.24) is 4.98 Å². The molecule has 0 radical (unpaired) electrons. The summed E-state index contributed by atoms with van der Waals surface area (Å²) in [7, 11) is 1.69. The Bertz CT molecular complexity index is 613. The summed E-state index contributed by atoms with van der Waals surface area (Å²) < 4.78 is 10.7. The number of rotatable bonds is 3. The molecule has 0 atom stereocenters. The number of pyridine rings is 1. The molecule has 1 aromatic carbocycles. The van der Waals surface area contributed by atoms with Gasteiger partial charge in [-0.2, -0.15) is 0 Å². The maximum atomic E-state index is 5.70. The molecule has 2 heterocycles. The molecular formula is C14H17N3O2. The van der Waals surface area contributed by atoms with E-state index in [1.165, 1.54) is 0 Å². The number of nitrogens with zero attached hydrogens (tertiary/aromatic N) is 1. The van der Waals surface area contributed by atoms with E-state index < -0.39 is 0 Å². The Morgan fingerprint density at radius 3 is 3.16 bits per heavy atom. The van der Waals surface area contributed by atoms with E-state index in [0.717, 1.165) is 39.8 Å². The number of nitrogen functional groups attached to an aromatic ring is 1. The van der Waals surface area contributed by atoms with Crippen LogP contribution in [-0.4, -0.2) is 18.7 Å². The van der Waals surface area contributed by atoms with E-state index in [9.17, 15) is 0 Å². The number of anilines is 1. The average molecular weight is 259 g/mol. The van der Waals surface area contributed by atoms with E-state index in [4.69, 9.17) is 20.3 Å². The Balaban J connectivity index is 2.29. The number of nitrogens with one attached hydrogen (secondary N) is 1. The summed E-state index contributed by atoms with van der Waals surface area (Å²) in [5.41, 5.74) is 7.88. The van der Waals surface area contributed by atoms with Crippen LogP contribution >= 0.6 is 0 Å². The molecule has 100 valence electrons. The maximum absolute atomic E-state index is 5.70. The summed E-state index contributed by atoms with van der Waals surface area (Å²) in [6.45, 7) is 1.82. The minimum Gasteiger partial charge on any atom is -0.380 e. The number of methoxy groups -OCH3 is 1. The molecule has 0 unspecified atom stereocenters. The zero-order chi connectivity index (χ0) is 13.2. The van der Waals surface area contributed by atoms with Gasteiger partial charge < -0.3 is 14.9 Å². The Morgan fingerprint density at radius 2 is 2.37 bits per heavy atom. The molecular weight excluding hydrogens is 242 g/mol. The van der Waals surface area contributed by atoms with Crippen molar-refractivity contribution in [1.29, 1.82) is 0 Å². The van der Waals surface area contributed by atoms with E-state index in [0.29, 0.717) is 19.8 Å². The van der Waals surface area contributed by atoms with Crippen LogP contribution in [0, 0.1) is 0 Å². The number of nitrogens with two attached hydrogens (primary N) is 1. The van der Waals surface area contributed by atoms with Gasteiger partial charge in [-0.15, -0.1) is 0 Å². The zero-order valence-electron chi connectivity index (χ0n) is 10.9. The molecule has 3 rings (SSSR count). The first-order chi connectivity index (χ1) is 9.35. The lowest BCUT2D eigenvalue weighted by Crippen LogP contribution is -2.18. The van der Waals surface area contributed by atoms with E-state index >= 15 is 0 Å². The van der Waals surface area contributed by atoms with Crippen molar-refractivity contribution in [3.05, 3.63) is 35.0 Å². The van der Waals surface area contributed by atoms with Crippen LogP contribution in [0.2, 0.25) is 0 Å². The van der Waals surface area contributed by atoms with Crippen LogP contribution in [0.3, 0.4) is 0 Å². The molecule has 19 heavy (non-hydrogen) atoms. The van der Waals surface area contributed by atoms with E-state index in [1.807, 2.05) is 18.2 Å². The fourth-order valence-electron chi connectivity index (χ4n) is 2.58. The van der Waals surface area contributed by atoms with Crippen molar-refractivity contribution < 1.29 is 9.47 Å². The second kappa shape index (κ2) is 5.13. The van der Waals surface area contributed by atoms with Crippen LogP contribution in [0.5, 0.6) is 0 Å². The van der Waals surface area contributed by atoms with Crippen molar-refractivity contribution in [2.24, 2.45) is 5.84 Å². The highest BCUT2D eigenvalue weighted by Gasteiger charge is 2.19. The van der Waals surface area contributed by atoms with Crippen LogP contribution < -0.4 is 11.3 Å². The first-order valence-corrected chi connectivity index (χ1v) is 6.31. The monoisotopic (exact) mass is 259 g/mol. The van der Waals surface area contributed by atoms with Crippen LogP contribution in [-0.2, 0) is 29.1 Å². The van der Waals surface area contributed by atoms with Crippen LogP contribution in [0.1, 0.15) is 16.8 Å². The van der Waals surface area contributed by atoms with Gasteiger partial charge >= 0.3 is 0 Å². The first kappa shape index (κ1) is 12.3. The van der Waals surface area contributed by atoms with Crippen molar-refractivity contribution >= 4 is 16.6 Å². The third kappa shape index (κ3) is 2.06. The van der Waals surface area contributed by atoms with Crippen molar-refractivity contribution in [2.45, 2.75) is 19.6 Å². The Morgan fingerprint density at radius 1 is 1.47 bits per heavy atom. The summed E-state index contributed by atoms with van der Waals surface area (Å²) in [6.07, 6.45) is 0.821. The van der Waals surface area contributed by atoms with Gasteiger partial charge in [0.15, 0.2) is 0 Å². The van der Waals surface area contributed by atoms with Crippen LogP contribution in [0.15, 0.2) is 18.2 Å². The summed E-state index contributed by atoms with van der Waals surface area (Å²) in [4.78, 5) is 4.79. The van der Waals surface area contributed by atoms with Gasteiger partial charge in [0.05, 0.1) is 36.7 Å². The van der Waals surface area contributed by atoms with E-state index in [-0.39, 0.29) is 0 Å². The van der Waals surface area contributed by atoms with Gasteiger partial charge in [0, 0.05) is 30.0 Å². The predicted molar refractivity (Wildman–Crippen MR) is 73.6 cm³/mol. The molecule has 5 nitrogen and oxygen atoms in total. The summed E-state index contributed by atoms with van der Waals surface area (Å²) in [5.74, 6) is 5.70. The zero-order valence-corrected chi connectivity index (χ0v) is 10.9. The first-order valence-electron chi connectivity index (χ1n) is 6.31. The highest BCUT2D eigenvalue weighted by molar-refractivity contribution is 5.95. The van der Waals surface area contributed by atoms with Gasteiger partial charge in [-0.05, 0) is 0 Å². The number of benzene rings is 1. The number of para-hydroxylation sites is 1. The number of aromatic nitrogens is 1. The van der Waals surface area contributed by atoms with E-state index in [2.05, 4.69) is 5.43 Å². The molecule has 1 aliphatic heterocycles. The Kier molecular flexibility index (Phi) is 3.33. The average Bonchev–Trinajstić information content (AvgIpc) is 2.45. The number of hydrogen-bond donors (Lipinski definition) is 2. The molecule has 5 heteroatoms. The standard InChI is InChI=1S/C14H17N3O2/c1-18-7-9-3-2-4-10-13(9)16-12-5-6-19-8-11(12)14(10)17-15/h2-4H,5-8,15H2,1H3,(H,16,17). The molecule has 0 fully saturated rings. The number of hydrazine groups is 1. The number of fused-ring (bicyclic) bond motifs is 2. The topological polar surface area (TPSA) is 69.4 Å². The van der Waals surface area contributed by atoms with Gasteiger partial charge in [0.25, 0.3) is 0 Å². The van der Waals surface area contributed by atoms with Crippen molar-refractivity contribution in [3.8, 4) is 0 Å². The quantitative estimate of drug-likeness (QED) is 0.649. The lowest BCUT2D eigenvalue weighted by molar-refractivity contribution is 0.110. The van der Waals surface area contributed by atoms with Gasteiger partial charge in [0.1, 0.15) is 0 Å². The number of hydrogen-bond acceptors (Lipinski definition) is 5. The third-order valence-electron chi connectivity index (χ3n) is 3.46. The fourth-order valence-corrected chi connectivity index (χ4v) is 2.58. The minimum atomic E-state index is 0.545. The summed E-state index contributed by atoms with van der Waals surface area (Å²) in [5, 5.41) is 1.02. The lowest BCUT2D eigenvalue weighted by atomic mass is 10.0. The molecule has 2 aromatic rings. The second-order valence-electron chi connectivity index (χ2n) is 4.61. The second-order valence-corrected chi connectivity index (χ2v) is 4.61. The third-order valence-corrected chi connectivity index (χ3v) is 3.46. The molecule has 0 saturated carbocycles. The largest absolute Gasteiger partial charge is 0.380 e. The van der Waals surface area contributed by atoms with Gasteiger partial charge in [-0.1, -0.05) is 18.2 Å². The molecule has 1 aromatic heterocycles. The molecule has 0 spiro atoms. The van der Waals surface area contributed by atoms with Crippen LogP contribution in [0.4, 0.5) is 5.69 Å². The van der Waals surface area contributed by atoms with E-state index in [1.54, 1.807) is 7.11 Å². The van der Waals surface area contributed by atoms with Crippen LogP contribution in [0.25, 0.3) is 10.9 Å². The SMILES string of the molecule is COCc1cccc2c(NN)c3c(nc12)CCOC3. The van der Waals surface area contributed by atoms with Gasteiger partial charge in [-0.25, -0.2) is 0 Å². The molecule has 0 saturated heterocycles. The lowest BCUT2D eigenvalue weighted by Gasteiger charge is -2.21. The summed E-state index contributed by atoms with van der Waals surface area (Å²) in [6, 6.07) is 6.05. The fraction of sp³-hybridized carbons (Fsp3) is 0.357. The molecule has 1 aliphatic rings. The summed E-state index contributed by atoms with van der Waals surface area (Å²) >= 11 is 0. The van der Waals surface area contributed by atoms with Gasteiger partial charge in [-0.3, -0.25) is 10.8 Å². The molecule has 0 amide bonds. The molecule has 0 aliphatic carbocycles. The Hall–Kier alpha value is -1.69. The molecule has 0 bridgehead atoms. The predicted octanol–water partition coefficient (Wildman–Crippen LogP) is 1.74. The normalized spacial score (nSPS) is 14.4. The van der Waals surface area contributed by atoms with Gasteiger partial charge in [0.2, 0.25) is 0 Å². The highest BCUT2D eigenvalue weighted by Crippen LogP contribution is 2.32. The van der Waals surface area contributed by atoms with Crippen molar-refractivity contribution in [3.63, 3.8) is 0 Å². The maximum Gasteiger partial charge on any atom is 0.0782 e. The number of ether oxygens (including phenoxy) is 2. The van der Waals surface area contributed by atoms with Crippen molar-refractivity contribution in [2.75, 3.05) is 19.1 Å². The smallest absolute Gasteiger partial charge is 0.0782 e. The molecule has 3 N–H and O–H groups in total. The minimum absolute atomic E-state index is 0.545. The Labute approximate surface area is 111 Å².